The highest BCUT2D eigenvalue weighted by molar-refractivity contribution is 7.89. The van der Waals surface area contributed by atoms with Gasteiger partial charge in [-0.1, -0.05) is 37.6 Å². The Morgan fingerprint density at radius 2 is 1.78 bits per heavy atom. The van der Waals surface area contributed by atoms with Gasteiger partial charge in [0.15, 0.2) is 0 Å². The first-order chi connectivity index (χ1) is 15.2. The SMILES string of the molecule is CC(C)C[C@H](C(=O)NO)N(Cc1ccc(Cl)cc1)S(=O)(=O)c1ccc(OCCCF)cc1. The van der Waals surface area contributed by atoms with Gasteiger partial charge in [0.25, 0.3) is 5.91 Å². The van der Waals surface area contributed by atoms with Gasteiger partial charge in [-0.2, -0.15) is 4.31 Å². The van der Waals surface area contributed by atoms with Crippen molar-refractivity contribution in [1.82, 2.24) is 9.79 Å². The summed E-state index contributed by atoms with van der Waals surface area (Å²) in [6.45, 7) is 3.29. The van der Waals surface area contributed by atoms with Gasteiger partial charge in [-0.3, -0.25) is 14.4 Å². The number of benzene rings is 2. The Hall–Kier alpha value is -2.20. The third-order valence-corrected chi connectivity index (χ3v) is 6.80. The summed E-state index contributed by atoms with van der Waals surface area (Å²) in [7, 11) is -4.14. The van der Waals surface area contributed by atoms with Gasteiger partial charge in [0.05, 0.1) is 18.2 Å². The molecule has 0 unspecified atom stereocenters. The molecule has 2 aromatic carbocycles. The van der Waals surface area contributed by atoms with E-state index in [1.54, 1.807) is 29.7 Å². The Morgan fingerprint density at radius 3 is 2.31 bits per heavy atom. The lowest BCUT2D eigenvalue weighted by atomic mass is 10.0. The lowest BCUT2D eigenvalue weighted by Gasteiger charge is -2.30. The minimum atomic E-state index is -4.14. The van der Waals surface area contributed by atoms with Crippen LogP contribution in [0.15, 0.2) is 53.4 Å². The van der Waals surface area contributed by atoms with Crippen LogP contribution >= 0.6 is 11.6 Å². The maximum absolute atomic E-state index is 13.6. The monoisotopic (exact) mass is 486 g/mol. The maximum Gasteiger partial charge on any atom is 0.261 e. The summed E-state index contributed by atoms with van der Waals surface area (Å²) in [4.78, 5) is 12.4. The van der Waals surface area contributed by atoms with Crippen LogP contribution in [0.25, 0.3) is 0 Å². The highest BCUT2D eigenvalue weighted by Gasteiger charge is 2.36. The molecule has 0 bridgehead atoms. The summed E-state index contributed by atoms with van der Waals surface area (Å²) in [5, 5.41) is 9.76. The van der Waals surface area contributed by atoms with Crippen molar-refractivity contribution >= 4 is 27.5 Å². The number of nitrogens with one attached hydrogen (secondary N) is 1. The van der Waals surface area contributed by atoms with Crippen molar-refractivity contribution in [2.75, 3.05) is 13.3 Å². The minimum absolute atomic E-state index is 0.0218. The van der Waals surface area contributed by atoms with E-state index in [1.165, 1.54) is 24.3 Å². The van der Waals surface area contributed by atoms with Gasteiger partial charge >= 0.3 is 0 Å². The number of hydroxylamine groups is 1. The van der Waals surface area contributed by atoms with Gasteiger partial charge in [0.1, 0.15) is 11.8 Å². The largest absolute Gasteiger partial charge is 0.493 e. The molecule has 1 amide bonds. The lowest BCUT2D eigenvalue weighted by Crippen LogP contribution is -2.49. The van der Waals surface area contributed by atoms with E-state index in [-0.39, 0.29) is 36.8 Å². The van der Waals surface area contributed by atoms with E-state index in [0.717, 1.165) is 4.31 Å². The molecule has 176 valence electrons. The Kier molecular flexibility index (Phi) is 9.89. The normalized spacial score (nSPS) is 12.7. The fourth-order valence-electron chi connectivity index (χ4n) is 3.10. The fourth-order valence-corrected chi connectivity index (χ4v) is 4.81. The highest BCUT2D eigenvalue weighted by Crippen LogP contribution is 2.26. The van der Waals surface area contributed by atoms with Crippen LogP contribution in [-0.4, -0.2) is 43.2 Å². The fraction of sp³-hybridized carbons (Fsp3) is 0.409. The van der Waals surface area contributed by atoms with E-state index in [4.69, 9.17) is 16.3 Å². The smallest absolute Gasteiger partial charge is 0.261 e. The average molecular weight is 487 g/mol. The van der Waals surface area contributed by atoms with E-state index in [2.05, 4.69) is 0 Å². The van der Waals surface area contributed by atoms with E-state index >= 15 is 0 Å². The third kappa shape index (κ3) is 7.16. The molecule has 1 atom stereocenters. The second-order valence-electron chi connectivity index (χ2n) is 7.66. The number of sulfonamides is 1. The molecular weight excluding hydrogens is 459 g/mol. The summed E-state index contributed by atoms with van der Waals surface area (Å²) in [5.74, 6) is -0.428. The van der Waals surface area contributed by atoms with Crippen LogP contribution in [0.4, 0.5) is 4.39 Å². The molecule has 0 aliphatic heterocycles. The first-order valence-corrected chi connectivity index (χ1v) is 12.0. The van der Waals surface area contributed by atoms with Crippen LogP contribution in [0.1, 0.15) is 32.3 Å². The van der Waals surface area contributed by atoms with Crippen LogP contribution in [0.3, 0.4) is 0 Å². The van der Waals surface area contributed by atoms with Crippen molar-refractivity contribution in [2.45, 2.75) is 44.2 Å². The molecule has 0 fully saturated rings. The van der Waals surface area contributed by atoms with E-state index in [1.807, 2.05) is 13.8 Å². The first kappa shape index (κ1) is 26.1. The molecule has 0 aliphatic rings. The number of halogens is 2. The minimum Gasteiger partial charge on any atom is -0.493 e. The number of hydrogen-bond donors (Lipinski definition) is 2. The predicted octanol–water partition coefficient (Wildman–Crippen LogP) is 4.19. The standard InChI is InChI=1S/C22H28ClFN2O5S/c1-16(2)14-21(22(27)25-28)26(15-17-4-6-18(23)7-5-17)32(29,30)20-10-8-19(9-11-20)31-13-3-12-24/h4-11,16,21,28H,3,12-15H2,1-2H3,(H,25,27)/t21-/m1/s1. The van der Waals surface area contributed by atoms with E-state index in [0.29, 0.717) is 16.3 Å². The molecule has 0 saturated carbocycles. The molecule has 7 nitrogen and oxygen atoms in total. The predicted molar refractivity (Wildman–Crippen MR) is 120 cm³/mol. The number of nitrogens with zero attached hydrogens (tertiary/aromatic N) is 1. The second kappa shape index (κ2) is 12.2. The van der Waals surface area contributed by atoms with Crippen molar-refractivity contribution in [2.24, 2.45) is 5.92 Å². The molecule has 2 N–H and O–H groups in total. The molecule has 0 spiro atoms. The molecule has 2 rings (SSSR count). The number of ether oxygens (including phenoxy) is 1. The Labute approximate surface area is 193 Å². The summed E-state index contributed by atoms with van der Waals surface area (Å²) in [5.41, 5.74) is 2.22. The number of alkyl halides is 1. The van der Waals surface area contributed by atoms with E-state index in [9.17, 15) is 22.8 Å². The van der Waals surface area contributed by atoms with Gasteiger partial charge in [0, 0.05) is 18.0 Å². The molecular formula is C22H28ClFN2O5S. The molecule has 0 aromatic heterocycles. The van der Waals surface area contributed by atoms with Gasteiger partial charge in [-0.05, 0) is 54.3 Å². The maximum atomic E-state index is 13.6. The van der Waals surface area contributed by atoms with Crippen molar-refractivity contribution in [3.8, 4) is 5.75 Å². The molecule has 0 heterocycles. The molecule has 0 radical (unpaired) electrons. The Morgan fingerprint density at radius 1 is 1.16 bits per heavy atom. The average Bonchev–Trinajstić information content (AvgIpc) is 2.77. The van der Waals surface area contributed by atoms with Gasteiger partial charge < -0.3 is 4.74 Å². The zero-order valence-corrected chi connectivity index (χ0v) is 19.6. The highest BCUT2D eigenvalue weighted by atomic mass is 35.5. The molecule has 32 heavy (non-hydrogen) atoms. The summed E-state index contributed by atoms with van der Waals surface area (Å²) >= 11 is 5.94. The zero-order valence-electron chi connectivity index (χ0n) is 18.0. The topological polar surface area (TPSA) is 95.9 Å². The quantitative estimate of drug-likeness (QED) is 0.266. The van der Waals surface area contributed by atoms with Crippen LogP contribution in [0.5, 0.6) is 5.75 Å². The first-order valence-electron chi connectivity index (χ1n) is 10.2. The van der Waals surface area contributed by atoms with Crippen LogP contribution < -0.4 is 10.2 Å². The molecule has 10 heteroatoms. The van der Waals surface area contributed by atoms with Crippen molar-refractivity contribution in [3.63, 3.8) is 0 Å². The summed E-state index contributed by atoms with van der Waals surface area (Å²) < 4.78 is 45.8. The van der Waals surface area contributed by atoms with Gasteiger partial charge in [0.2, 0.25) is 10.0 Å². The van der Waals surface area contributed by atoms with E-state index < -0.39 is 28.6 Å². The van der Waals surface area contributed by atoms with Crippen molar-refractivity contribution < 1.29 is 27.5 Å². The summed E-state index contributed by atoms with van der Waals surface area (Å²) in [6.07, 6.45) is 0.436. The van der Waals surface area contributed by atoms with Gasteiger partial charge in [-0.25, -0.2) is 13.9 Å². The Bertz CT molecular complexity index is 969. The second-order valence-corrected chi connectivity index (χ2v) is 9.99. The number of carbonyl (C=O) groups excluding carboxylic acids is 1. The van der Waals surface area contributed by atoms with Crippen LogP contribution in [0, 0.1) is 5.92 Å². The molecule has 0 aliphatic carbocycles. The van der Waals surface area contributed by atoms with Crippen molar-refractivity contribution in [1.29, 1.82) is 0 Å². The third-order valence-electron chi connectivity index (χ3n) is 4.68. The number of carbonyl (C=O) groups is 1. The zero-order chi connectivity index (χ0) is 23.7. The molecule has 0 saturated heterocycles. The lowest BCUT2D eigenvalue weighted by molar-refractivity contribution is -0.133. The Balaban J connectivity index is 2.43. The molecule has 2 aromatic rings. The van der Waals surface area contributed by atoms with Crippen LogP contribution in [0.2, 0.25) is 5.02 Å². The van der Waals surface area contributed by atoms with Crippen molar-refractivity contribution in [3.05, 3.63) is 59.1 Å². The van der Waals surface area contributed by atoms with Crippen LogP contribution in [-0.2, 0) is 21.4 Å². The number of rotatable bonds is 12. The summed E-state index contributed by atoms with van der Waals surface area (Å²) in [6, 6.07) is 11.2. The van der Waals surface area contributed by atoms with Gasteiger partial charge in [-0.15, -0.1) is 0 Å². The number of amides is 1. The number of hydrogen-bond acceptors (Lipinski definition) is 5.